The normalized spacial score (nSPS) is 15.7. The van der Waals surface area contributed by atoms with Gasteiger partial charge in [-0.15, -0.1) is 0 Å². The van der Waals surface area contributed by atoms with Crippen molar-refractivity contribution in [1.82, 2.24) is 0 Å². The molecular weight excluding hydrogens is 303 g/mol. The van der Waals surface area contributed by atoms with Gasteiger partial charge in [0.15, 0.2) is 0 Å². The van der Waals surface area contributed by atoms with Crippen LogP contribution in [0.1, 0.15) is 0 Å². The fourth-order valence-corrected chi connectivity index (χ4v) is 1.84. The molecule has 1 heterocycles. The third kappa shape index (κ3) is 2.54. The highest BCUT2D eigenvalue weighted by molar-refractivity contribution is 6.62. The maximum atomic E-state index is 12.1. The number of carbonyl (C=O) groups is 2. The van der Waals surface area contributed by atoms with E-state index in [-0.39, 0.29) is 11.4 Å². The number of alkyl halides is 2. The fraction of sp³-hybridized carbons (Fsp3) is 0.0909. The van der Waals surface area contributed by atoms with Gasteiger partial charge in [-0.05, 0) is 12.1 Å². The minimum Gasteiger partial charge on any atom is -0.435 e. The number of carbonyl (C=O) groups excluding carboxylic acids is 2. The van der Waals surface area contributed by atoms with Crippen molar-refractivity contribution in [3.8, 4) is 5.75 Å². The summed E-state index contributed by atoms with van der Waals surface area (Å²) in [5.41, 5.74) is 0.0435. The van der Waals surface area contributed by atoms with Crippen LogP contribution in [0.2, 0.25) is 0 Å². The Bertz CT molecular complexity index is 565. The van der Waals surface area contributed by atoms with Gasteiger partial charge in [0.25, 0.3) is 11.8 Å². The second kappa shape index (κ2) is 5.14. The molecule has 0 fully saturated rings. The van der Waals surface area contributed by atoms with Gasteiger partial charge in [-0.3, -0.25) is 9.59 Å². The van der Waals surface area contributed by atoms with E-state index in [0.29, 0.717) is 4.90 Å². The second-order valence-corrected chi connectivity index (χ2v) is 4.21. The average Bonchev–Trinajstić information content (AvgIpc) is 2.53. The van der Waals surface area contributed by atoms with Crippen LogP contribution in [0.4, 0.5) is 14.5 Å². The van der Waals surface area contributed by atoms with Gasteiger partial charge in [-0.1, -0.05) is 29.3 Å². The molecule has 1 aromatic rings. The highest BCUT2D eigenvalue weighted by Gasteiger charge is 2.37. The first-order valence-electron chi connectivity index (χ1n) is 4.90. The lowest BCUT2D eigenvalue weighted by atomic mass is 10.2. The van der Waals surface area contributed by atoms with Crippen LogP contribution in [-0.2, 0) is 9.59 Å². The Labute approximate surface area is 116 Å². The van der Waals surface area contributed by atoms with Crippen molar-refractivity contribution in [2.45, 2.75) is 6.61 Å². The van der Waals surface area contributed by atoms with Crippen LogP contribution in [0.5, 0.6) is 5.75 Å². The van der Waals surface area contributed by atoms with Crippen molar-refractivity contribution in [1.29, 1.82) is 0 Å². The van der Waals surface area contributed by atoms with Crippen molar-refractivity contribution in [2.24, 2.45) is 0 Å². The number of rotatable bonds is 3. The number of nitrogens with zero attached hydrogens (tertiary/aromatic N) is 1. The Morgan fingerprint density at radius 3 is 2.21 bits per heavy atom. The van der Waals surface area contributed by atoms with Gasteiger partial charge < -0.3 is 4.74 Å². The number of hydrogen-bond acceptors (Lipinski definition) is 3. The minimum absolute atomic E-state index is 0.0435. The van der Waals surface area contributed by atoms with Gasteiger partial charge in [0.05, 0.1) is 5.69 Å². The van der Waals surface area contributed by atoms with Gasteiger partial charge in [0, 0.05) is 6.07 Å². The largest absolute Gasteiger partial charge is 0.435 e. The Morgan fingerprint density at radius 1 is 1.11 bits per heavy atom. The van der Waals surface area contributed by atoms with Crippen LogP contribution in [0.15, 0.2) is 34.3 Å². The molecule has 1 aliphatic rings. The summed E-state index contributed by atoms with van der Waals surface area (Å²) in [6, 6.07) is 5.10. The quantitative estimate of drug-likeness (QED) is 0.807. The summed E-state index contributed by atoms with van der Waals surface area (Å²) < 4.78 is 28.3. The fourth-order valence-electron chi connectivity index (χ4n) is 1.51. The van der Waals surface area contributed by atoms with E-state index in [0.717, 1.165) is 6.07 Å². The van der Waals surface area contributed by atoms with E-state index < -0.39 is 28.5 Å². The van der Waals surface area contributed by atoms with Crippen LogP contribution in [-0.4, -0.2) is 18.4 Å². The van der Waals surface area contributed by atoms with Crippen molar-refractivity contribution < 1.29 is 23.1 Å². The third-order valence-corrected chi connectivity index (χ3v) is 3.07. The van der Waals surface area contributed by atoms with Crippen molar-refractivity contribution >= 4 is 40.7 Å². The van der Waals surface area contributed by atoms with Gasteiger partial charge >= 0.3 is 6.61 Å². The first-order chi connectivity index (χ1) is 8.91. The van der Waals surface area contributed by atoms with E-state index in [1.807, 2.05) is 0 Å². The smallest absolute Gasteiger partial charge is 0.387 e. The Morgan fingerprint density at radius 2 is 1.68 bits per heavy atom. The highest BCUT2D eigenvalue weighted by atomic mass is 35.5. The summed E-state index contributed by atoms with van der Waals surface area (Å²) in [4.78, 5) is 24.1. The summed E-state index contributed by atoms with van der Waals surface area (Å²) >= 11 is 11.1. The van der Waals surface area contributed by atoms with Crippen molar-refractivity contribution in [3.05, 3.63) is 34.3 Å². The number of benzene rings is 1. The van der Waals surface area contributed by atoms with Crippen LogP contribution in [0.25, 0.3) is 0 Å². The molecule has 1 aliphatic heterocycles. The minimum atomic E-state index is -3.01. The molecule has 0 saturated heterocycles. The average molecular weight is 308 g/mol. The van der Waals surface area contributed by atoms with Crippen molar-refractivity contribution in [2.75, 3.05) is 4.90 Å². The van der Waals surface area contributed by atoms with Crippen LogP contribution in [0, 0.1) is 0 Å². The molecule has 0 unspecified atom stereocenters. The monoisotopic (exact) mass is 307 g/mol. The first kappa shape index (κ1) is 13.8. The molecule has 0 N–H and O–H groups in total. The van der Waals surface area contributed by atoms with E-state index in [4.69, 9.17) is 23.2 Å². The van der Waals surface area contributed by atoms with Gasteiger partial charge in [-0.2, -0.15) is 8.78 Å². The zero-order chi connectivity index (χ0) is 14.2. The Kier molecular flexibility index (Phi) is 3.73. The third-order valence-electron chi connectivity index (χ3n) is 2.28. The molecule has 100 valence electrons. The van der Waals surface area contributed by atoms with E-state index in [2.05, 4.69) is 4.74 Å². The lowest BCUT2D eigenvalue weighted by molar-refractivity contribution is -0.120. The number of halogens is 4. The van der Waals surface area contributed by atoms with Crippen LogP contribution >= 0.6 is 23.2 Å². The number of anilines is 1. The summed E-state index contributed by atoms with van der Waals surface area (Å²) in [6.45, 7) is -3.01. The Balaban J connectivity index is 2.34. The second-order valence-electron chi connectivity index (χ2n) is 3.45. The molecule has 4 nitrogen and oxygen atoms in total. The Hall–Kier alpha value is -1.66. The summed E-state index contributed by atoms with van der Waals surface area (Å²) in [6.07, 6.45) is 0. The number of hydrogen-bond donors (Lipinski definition) is 0. The molecule has 0 aromatic heterocycles. The van der Waals surface area contributed by atoms with E-state index in [1.54, 1.807) is 0 Å². The topological polar surface area (TPSA) is 46.6 Å². The first-order valence-corrected chi connectivity index (χ1v) is 5.66. The molecule has 0 spiro atoms. The maximum absolute atomic E-state index is 12.1. The predicted molar refractivity (Wildman–Crippen MR) is 64.3 cm³/mol. The molecule has 2 rings (SSSR count). The molecule has 2 amide bonds. The van der Waals surface area contributed by atoms with E-state index >= 15 is 0 Å². The standard InChI is InChI=1S/C11H5Cl2F2NO3/c12-7-8(13)10(18)16(9(7)17)5-2-1-3-6(4-5)19-11(14)15/h1-4,11H. The molecule has 8 heteroatoms. The molecule has 0 aliphatic carbocycles. The number of amides is 2. The maximum Gasteiger partial charge on any atom is 0.387 e. The summed E-state index contributed by atoms with van der Waals surface area (Å²) in [5, 5.41) is -0.821. The van der Waals surface area contributed by atoms with Gasteiger partial charge in [-0.25, -0.2) is 4.90 Å². The molecular formula is C11H5Cl2F2NO3. The predicted octanol–water partition coefficient (Wildman–Crippen LogP) is 2.85. The SMILES string of the molecule is O=C1C(Cl)=C(Cl)C(=O)N1c1cccc(OC(F)F)c1. The molecule has 0 saturated carbocycles. The molecule has 19 heavy (non-hydrogen) atoms. The highest BCUT2D eigenvalue weighted by Crippen LogP contribution is 2.32. The van der Waals surface area contributed by atoms with Crippen molar-refractivity contribution in [3.63, 3.8) is 0 Å². The summed E-state index contributed by atoms with van der Waals surface area (Å²) in [7, 11) is 0. The van der Waals surface area contributed by atoms with E-state index in [9.17, 15) is 18.4 Å². The number of imide groups is 1. The lowest BCUT2D eigenvalue weighted by Crippen LogP contribution is -2.30. The molecule has 0 bridgehead atoms. The molecule has 0 radical (unpaired) electrons. The van der Waals surface area contributed by atoms with Gasteiger partial charge in [0.2, 0.25) is 0 Å². The molecule has 0 atom stereocenters. The summed E-state index contributed by atoms with van der Waals surface area (Å²) in [5.74, 6) is -1.82. The zero-order valence-electron chi connectivity index (χ0n) is 9.07. The number of ether oxygens (including phenoxy) is 1. The van der Waals surface area contributed by atoms with E-state index in [1.165, 1.54) is 18.2 Å². The van der Waals surface area contributed by atoms with Gasteiger partial charge in [0.1, 0.15) is 15.8 Å². The lowest BCUT2D eigenvalue weighted by Gasteiger charge is -2.15. The van der Waals surface area contributed by atoms with Crippen LogP contribution in [0.3, 0.4) is 0 Å². The van der Waals surface area contributed by atoms with Crippen LogP contribution < -0.4 is 9.64 Å². The molecule has 1 aromatic carbocycles. The zero-order valence-corrected chi connectivity index (χ0v) is 10.6.